The maximum Gasteiger partial charge on any atom is 0.0931 e. The Morgan fingerprint density at radius 2 is 2.24 bits per heavy atom. The molecule has 17 heavy (non-hydrogen) atoms. The van der Waals surface area contributed by atoms with Crippen LogP contribution in [0.2, 0.25) is 0 Å². The third kappa shape index (κ3) is 2.84. The van der Waals surface area contributed by atoms with Gasteiger partial charge >= 0.3 is 0 Å². The molecular formula is C13H19N3O. The van der Waals surface area contributed by atoms with Crippen molar-refractivity contribution < 1.29 is 5.11 Å². The van der Waals surface area contributed by atoms with Gasteiger partial charge in [0.1, 0.15) is 0 Å². The van der Waals surface area contributed by atoms with E-state index in [9.17, 15) is 5.11 Å². The second kappa shape index (κ2) is 4.47. The molecule has 0 radical (unpaired) electrons. The highest BCUT2D eigenvalue weighted by molar-refractivity contribution is 5.74. The molecule has 4 nitrogen and oxygen atoms in total. The van der Waals surface area contributed by atoms with E-state index >= 15 is 0 Å². The number of benzene rings is 1. The fourth-order valence-corrected chi connectivity index (χ4v) is 1.61. The first kappa shape index (κ1) is 12.1. The minimum atomic E-state index is -0.710. The van der Waals surface area contributed by atoms with Crippen molar-refractivity contribution in [2.75, 3.05) is 0 Å². The number of H-pyrrole nitrogens is 1. The number of hydrogen-bond acceptors (Lipinski definition) is 3. The highest BCUT2D eigenvalue weighted by atomic mass is 16.3. The summed E-state index contributed by atoms with van der Waals surface area (Å²) in [6.45, 7) is 6.33. The third-order valence-corrected chi connectivity index (χ3v) is 3.16. The predicted octanol–water partition coefficient (Wildman–Crippen LogP) is 1.81. The van der Waals surface area contributed by atoms with E-state index in [1.807, 2.05) is 32.9 Å². The summed E-state index contributed by atoms with van der Waals surface area (Å²) in [5, 5.41) is 13.1. The molecule has 92 valence electrons. The summed E-state index contributed by atoms with van der Waals surface area (Å²) in [5.74, 6) is 0. The van der Waals surface area contributed by atoms with Crippen LogP contribution in [-0.2, 0) is 6.54 Å². The van der Waals surface area contributed by atoms with E-state index in [2.05, 4.69) is 21.4 Å². The zero-order valence-corrected chi connectivity index (χ0v) is 10.5. The fraction of sp³-hybridized carbons (Fsp3) is 0.462. The molecule has 4 heteroatoms. The Balaban J connectivity index is 2.03. The zero-order valence-electron chi connectivity index (χ0n) is 10.5. The Kier molecular flexibility index (Phi) is 3.17. The molecule has 0 fully saturated rings. The SMILES string of the molecule is CC(NCc1ccc2nc[nH]c2c1)C(C)(C)O. The van der Waals surface area contributed by atoms with Gasteiger partial charge in [-0.1, -0.05) is 6.07 Å². The molecule has 1 aromatic carbocycles. The molecule has 0 aliphatic rings. The van der Waals surface area contributed by atoms with Crippen molar-refractivity contribution >= 4 is 11.0 Å². The molecule has 1 heterocycles. The summed E-state index contributed by atoms with van der Waals surface area (Å²) in [7, 11) is 0. The predicted molar refractivity (Wildman–Crippen MR) is 68.7 cm³/mol. The molecular weight excluding hydrogens is 214 g/mol. The normalized spacial score (nSPS) is 14.1. The molecule has 0 aliphatic carbocycles. The summed E-state index contributed by atoms with van der Waals surface area (Å²) in [6, 6.07) is 6.16. The molecule has 0 amide bonds. The first-order valence-corrected chi connectivity index (χ1v) is 5.84. The molecule has 2 aromatic rings. The molecule has 0 saturated carbocycles. The number of fused-ring (bicyclic) bond motifs is 1. The molecule has 0 bridgehead atoms. The van der Waals surface area contributed by atoms with E-state index in [0.717, 1.165) is 17.6 Å². The lowest BCUT2D eigenvalue weighted by Gasteiger charge is -2.26. The van der Waals surface area contributed by atoms with Crippen LogP contribution in [0, 0.1) is 0 Å². The van der Waals surface area contributed by atoms with E-state index in [-0.39, 0.29) is 6.04 Å². The largest absolute Gasteiger partial charge is 0.389 e. The number of nitrogens with zero attached hydrogens (tertiary/aromatic N) is 1. The van der Waals surface area contributed by atoms with Gasteiger partial charge in [-0.2, -0.15) is 0 Å². The van der Waals surface area contributed by atoms with Crippen LogP contribution >= 0.6 is 0 Å². The van der Waals surface area contributed by atoms with Crippen LogP contribution in [0.5, 0.6) is 0 Å². The molecule has 0 saturated heterocycles. The Hall–Kier alpha value is -1.39. The Labute approximate surface area is 101 Å². The molecule has 0 aliphatic heterocycles. The molecule has 1 unspecified atom stereocenters. The lowest BCUT2D eigenvalue weighted by atomic mass is 10.0. The number of imidazole rings is 1. The van der Waals surface area contributed by atoms with Crippen LogP contribution in [-0.4, -0.2) is 26.7 Å². The van der Waals surface area contributed by atoms with Gasteiger partial charge in [-0.3, -0.25) is 0 Å². The van der Waals surface area contributed by atoms with Gasteiger partial charge in [0.2, 0.25) is 0 Å². The van der Waals surface area contributed by atoms with Gasteiger partial charge in [-0.05, 0) is 38.5 Å². The molecule has 1 aromatic heterocycles. The van der Waals surface area contributed by atoms with Gasteiger partial charge in [-0.25, -0.2) is 4.98 Å². The van der Waals surface area contributed by atoms with E-state index in [0.29, 0.717) is 0 Å². The van der Waals surface area contributed by atoms with Crippen LogP contribution in [0.15, 0.2) is 24.5 Å². The van der Waals surface area contributed by atoms with Crippen molar-refractivity contribution in [3.05, 3.63) is 30.1 Å². The molecule has 2 rings (SSSR count). The number of aromatic amines is 1. The summed E-state index contributed by atoms with van der Waals surface area (Å²) >= 11 is 0. The Morgan fingerprint density at radius 1 is 1.47 bits per heavy atom. The summed E-state index contributed by atoms with van der Waals surface area (Å²) < 4.78 is 0. The Bertz CT molecular complexity index is 499. The zero-order chi connectivity index (χ0) is 12.5. The van der Waals surface area contributed by atoms with Crippen molar-refractivity contribution in [2.45, 2.75) is 39.0 Å². The summed E-state index contributed by atoms with van der Waals surface area (Å²) in [5.41, 5.74) is 2.49. The minimum Gasteiger partial charge on any atom is -0.389 e. The van der Waals surface area contributed by atoms with Gasteiger partial charge in [0.25, 0.3) is 0 Å². The van der Waals surface area contributed by atoms with Crippen molar-refractivity contribution in [3.8, 4) is 0 Å². The van der Waals surface area contributed by atoms with Crippen molar-refractivity contribution in [2.24, 2.45) is 0 Å². The summed E-state index contributed by atoms with van der Waals surface area (Å²) in [4.78, 5) is 7.27. The highest BCUT2D eigenvalue weighted by Gasteiger charge is 2.21. The van der Waals surface area contributed by atoms with Crippen LogP contribution < -0.4 is 5.32 Å². The van der Waals surface area contributed by atoms with Crippen LogP contribution in [0.1, 0.15) is 26.3 Å². The van der Waals surface area contributed by atoms with Crippen molar-refractivity contribution in [1.82, 2.24) is 15.3 Å². The number of aromatic nitrogens is 2. The number of nitrogens with one attached hydrogen (secondary N) is 2. The van der Waals surface area contributed by atoms with Gasteiger partial charge in [0, 0.05) is 12.6 Å². The first-order valence-electron chi connectivity index (χ1n) is 5.84. The minimum absolute atomic E-state index is 0.0416. The molecule has 3 N–H and O–H groups in total. The topological polar surface area (TPSA) is 60.9 Å². The average Bonchev–Trinajstić information content (AvgIpc) is 2.71. The first-order chi connectivity index (χ1) is 7.97. The van der Waals surface area contributed by atoms with E-state index in [1.54, 1.807) is 6.33 Å². The lowest BCUT2D eigenvalue weighted by molar-refractivity contribution is 0.0437. The second-order valence-corrected chi connectivity index (χ2v) is 5.01. The maximum absolute atomic E-state index is 9.82. The fourth-order valence-electron chi connectivity index (χ4n) is 1.61. The number of hydrogen-bond donors (Lipinski definition) is 3. The number of aliphatic hydroxyl groups is 1. The van der Waals surface area contributed by atoms with E-state index in [4.69, 9.17) is 0 Å². The highest BCUT2D eigenvalue weighted by Crippen LogP contribution is 2.13. The summed E-state index contributed by atoms with van der Waals surface area (Å²) in [6.07, 6.45) is 1.70. The monoisotopic (exact) mass is 233 g/mol. The quantitative estimate of drug-likeness (QED) is 0.754. The molecule has 1 atom stereocenters. The number of rotatable bonds is 4. The average molecular weight is 233 g/mol. The van der Waals surface area contributed by atoms with Gasteiger partial charge in [0.15, 0.2) is 0 Å². The van der Waals surface area contributed by atoms with Crippen LogP contribution in [0.3, 0.4) is 0 Å². The standard InChI is InChI=1S/C13H19N3O/c1-9(13(2,3)17)14-7-10-4-5-11-12(6-10)16-8-15-11/h4-6,8-9,14,17H,7H2,1-3H3,(H,15,16). The van der Waals surface area contributed by atoms with Crippen molar-refractivity contribution in [1.29, 1.82) is 0 Å². The van der Waals surface area contributed by atoms with E-state index in [1.165, 1.54) is 5.56 Å². The van der Waals surface area contributed by atoms with Crippen LogP contribution in [0.25, 0.3) is 11.0 Å². The second-order valence-electron chi connectivity index (χ2n) is 5.01. The van der Waals surface area contributed by atoms with Gasteiger partial charge in [-0.15, -0.1) is 0 Å². The van der Waals surface area contributed by atoms with Crippen LogP contribution in [0.4, 0.5) is 0 Å². The van der Waals surface area contributed by atoms with E-state index < -0.39 is 5.60 Å². The smallest absolute Gasteiger partial charge is 0.0931 e. The van der Waals surface area contributed by atoms with Gasteiger partial charge < -0.3 is 15.4 Å². The third-order valence-electron chi connectivity index (χ3n) is 3.16. The lowest BCUT2D eigenvalue weighted by Crippen LogP contribution is -2.44. The Morgan fingerprint density at radius 3 is 2.94 bits per heavy atom. The molecule has 0 spiro atoms. The van der Waals surface area contributed by atoms with Gasteiger partial charge in [0.05, 0.1) is 23.0 Å². The van der Waals surface area contributed by atoms with Crippen molar-refractivity contribution in [3.63, 3.8) is 0 Å². The maximum atomic E-state index is 9.82.